The zero-order valence-electron chi connectivity index (χ0n) is 22.6. The van der Waals surface area contributed by atoms with Crippen molar-refractivity contribution in [3.8, 4) is 5.82 Å². The number of anilines is 1. The molecular formula is C27H37FN6O3S2. The third kappa shape index (κ3) is 5.75. The van der Waals surface area contributed by atoms with Gasteiger partial charge in [-0.15, -0.1) is 0 Å². The van der Waals surface area contributed by atoms with Gasteiger partial charge < -0.3 is 14.4 Å². The molecule has 0 radical (unpaired) electrons. The Labute approximate surface area is 241 Å². The molecule has 6 rings (SSSR count). The second kappa shape index (κ2) is 12.0. The van der Waals surface area contributed by atoms with Crippen LogP contribution in [0.3, 0.4) is 0 Å². The normalized spacial score (nSPS) is 24.5. The smallest absolute Gasteiger partial charge is 0.306 e. The average molecular weight is 577 g/mol. The van der Waals surface area contributed by atoms with E-state index in [1.807, 2.05) is 35.7 Å². The van der Waals surface area contributed by atoms with Crippen LogP contribution in [-0.4, -0.2) is 88.8 Å². The highest BCUT2D eigenvalue weighted by molar-refractivity contribution is 7.59. The number of rotatable bonds is 6. The first-order valence-electron chi connectivity index (χ1n) is 13.1. The highest BCUT2D eigenvalue weighted by Gasteiger charge is 2.40. The predicted molar refractivity (Wildman–Crippen MR) is 158 cm³/mol. The molecule has 3 saturated heterocycles. The van der Waals surface area contributed by atoms with Crippen molar-refractivity contribution in [1.29, 1.82) is 0 Å². The lowest BCUT2D eigenvalue weighted by Crippen LogP contribution is -2.41. The van der Waals surface area contributed by atoms with Gasteiger partial charge in [0.25, 0.3) is 0 Å². The van der Waals surface area contributed by atoms with Gasteiger partial charge in [0.2, 0.25) is 0 Å². The first-order valence-corrected chi connectivity index (χ1v) is 13.1. The molecule has 9 nitrogen and oxygen atoms in total. The van der Waals surface area contributed by atoms with Gasteiger partial charge >= 0.3 is 5.97 Å². The van der Waals surface area contributed by atoms with Crippen molar-refractivity contribution in [2.45, 2.75) is 57.3 Å². The number of nitrogens with zero attached hydrogens (tertiary/aromatic N) is 6. The van der Waals surface area contributed by atoms with E-state index in [-0.39, 0.29) is 51.4 Å². The number of aromatic nitrogens is 4. The molecule has 0 saturated carbocycles. The van der Waals surface area contributed by atoms with E-state index in [1.54, 1.807) is 0 Å². The second-order valence-corrected chi connectivity index (χ2v) is 10.5. The summed E-state index contributed by atoms with van der Waals surface area (Å²) in [7, 11) is 1.38. The van der Waals surface area contributed by atoms with Gasteiger partial charge in [0, 0.05) is 37.0 Å². The van der Waals surface area contributed by atoms with E-state index >= 15 is 4.39 Å². The van der Waals surface area contributed by atoms with Crippen molar-refractivity contribution in [2.75, 3.05) is 44.8 Å². The lowest BCUT2D eigenvalue weighted by Gasteiger charge is -2.35. The van der Waals surface area contributed by atoms with Crippen LogP contribution in [0, 0.1) is 13.8 Å². The van der Waals surface area contributed by atoms with Crippen LogP contribution >= 0.6 is 27.0 Å². The van der Waals surface area contributed by atoms with Crippen LogP contribution in [0.1, 0.15) is 42.1 Å². The Morgan fingerprint density at radius 2 is 1.95 bits per heavy atom. The Balaban J connectivity index is 0.00000176. The molecule has 1 aromatic carbocycles. The molecule has 39 heavy (non-hydrogen) atoms. The number of hydrogen-bond donors (Lipinski definition) is 0. The van der Waals surface area contributed by atoms with E-state index in [0.29, 0.717) is 37.2 Å². The molecule has 0 spiro atoms. The highest BCUT2D eigenvalue weighted by Crippen LogP contribution is 2.36. The standard InChI is InChI=1S/C27H33FN6O3.2H2S/c1-16-8-18-12-29-34(26-11-25(30-17(2)31-26)33-13-20-9-19(33)15-37-20)24(18)10-22(16)21-4-6-32(14-23(21)28)7-5-27(35)36-3;;/h8,10-12,19-21,23H,4-7,9,13-15H2,1-3H3;2*1H2/t19-,20-,21?,23?;;/m0../s1. The fourth-order valence-electron chi connectivity index (χ4n) is 6.13. The molecule has 2 unspecified atom stereocenters. The van der Waals surface area contributed by atoms with Gasteiger partial charge in [0.1, 0.15) is 17.8 Å². The largest absolute Gasteiger partial charge is 0.469 e. The number of hydrogen-bond acceptors (Lipinski definition) is 8. The maximum absolute atomic E-state index is 15.5. The molecule has 2 aromatic heterocycles. The van der Waals surface area contributed by atoms with Crippen molar-refractivity contribution >= 4 is 49.7 Å². The van der Waals surface area contributed by atoms with Gasteiger partial charge in [0.05, 0.1) is 44.0 Å². The summed E-state index contributed by atoms with van der Waals surface area (Å²) in [5.74, 6) is 1.84. The van der Waals surface area contributed by atoms with E-state index in [4.69, 9.17) is 19.4 Å². The van der Waals surface area contributed by atoms with E-state index in [1.165, 1.54) is 7.11 Å². The summed E-state index contributed by atoms with van der Waals surface area (Å²) in [6, 6.07) is 6.53. The fraction of sp³-hybridized carbons (Fsp3) is 0.556. The molecule has 0 N–H and O–H groups in total. The minimum Gasteiger partial charge on any atom is -0.469 e. The van der Waals surface area contributed by atoms with Crippen LogP contribution < -0.4 is 4.90 Å². The van der Waals surface area contributed by atoms with Gasteiger partial charge in [-0.05, 0) is 56.5 Å². The molecule has 12 heteroatoms. The number of aryl methyl sites for hydroxylation is 2. The van der Waals surface area contributed by atoms with Crippen molar-refractivity contribution in [3.05, 3.63) is 41.3 Å². The third-order valence-corrected chi connectivity index (χ3v) is 8.06. The number of methoxy groups -OCH3 is 1. The average Bonchev–Trinajstić information content (AvgIpc) is 3.62. The lowest BCUT2D eigenvalue weighted by molar-refractivity contribution is -0.141. The summed E-state index contributed by atoms with van der Waals surface area (Å²) in [4.78, 5) is 25.2. The maximum Gasteiger partial charge on any atom is 0.306 e. The van der Waals surface area contributed by atoms with Crippen molar-refractivity contribution < 1.29 is 18.7 Å². The summed E-state index contributed by atoms with van der Waals surface area (Å²) in [5, 5.41) is 5.67. The molecule has 3 aliphatic heterocycles. The third-order valence-electron chi connectivity index (χ3n) is 8.06. The van der Waals surface area contributed by atoms with Gasteiger partial charge in [-0.25, -0.2) is 19.0 Å². The second-order valence-electron chi connectivity index (χ2n) is 10.5. The highest BCUT2D eigenvalue weighted by atomic mass is 32.1. The molecular weight excluding hydrogens is 539 g/mol. The zero-order chi connectivity index (χ0) is 25.7. The fourth-order valence-corrected chi connectivity index (χ4v) is 6.13. The summed E-state index contributed by atoms with van der Waals surface area (Å²) in [5.41, 5.74) is 2.99. The number of piperidine rings is 1. The van der Waals surface area contributed by atoms with Crippen LogP contribution in [0.5, 0.6) is 0 Å². The van der Waals surface area contributed by atoms with Crippen LogP contribution in [0.2, 0.25) is 0 Å². The minimum atomic E-state index is -1.01. The number of fused-ring (bicyclic) bond motifs is 3. The molecule has 212 valence electrons. The summed E-state index contributed by atoms with van der Waals surface area (Å²) >= 11 is 0. The first-order chi connectivity index (χ1) is 17.9. The first kappa shape index (κ1) is 29.6. The summed E-state index contributed by atoms with van der Waals surface area (Å²) in [6.45, 7) is 7.11. The molecule has 5 heterocycles. The van der Waals surface area contributed by atoms with E-state index < -0.39 is 6.17 Å². The zero-order valence-corrected chi connectivity index (χ0v) is 24.6. The number of likely N-dealkylation sites (tertiary alicyclic amines) is 1. The molecule has 3 aromatic rings. The Bertz CT molecular complexity index is 1340. The maximum atomic E-state index is 15.5. The van der Waals surface area contributed by atoms with Crippen molar-refractivity contribution in [3.63, 3.8) is 0 Å². The number of halogens is 1. The Morgan fingerprint density at radius 3 is 2.64 bits per heavy atom. The lowest BCUT2D eigenvalue weighted by atomic mass is 9.85. The summed E-state index contributed by atoms with van der Waals surface area (Å²) < 4.78 is 27.8. The number of esters is 1. The van der Waals surface area contributed by atoms with Crippen LogP contribution in [0.15, 0.2) is 24.4 Å². The number of ether oxygens (including phenoxy) is 2. The quantitative estimate of drug-likeness (QED) is 0.413. The van der Waals surface area contributed by atoms with Crippen LogP contribution in [0.25, 0.3) is 16.7 Å². The molecule has 3 aliphatic rings. The Hall–Kier alpha value is -2.41. The van der Waals surface area contributed by atoms with E-state index in [0.717, 1.165) is 54.0 Å². The Morgan fingerprint density at radius 1 is 1.15 bits per heavy atom. The van der Waals surface area contributed by atoms with Crippen LogP contribution in [0.4, 0.5) is 10.2 Å². The monoisotopic (exact) mass is 576 g/mol. The van der Waals surface area contributed by atoms with Gasteiger partial charge in [-0.2, -0.15) is 32.1 Å². The van der Waals surface area contributed by atoms with Crippen molar-refractivity contribution in [2.24, 2.45) is 0 Å². The number of carbonyl (C=O) groups is 1. The van der Waals surface area contributed by atoms with Crippen LogP contribution in [-0.2, 0) is 14.3 Å². The Kier molecular flexibility index (Phi) is 9.09. The number of carbonyl (C=O) groups excluding carboxylic acids is 1. The van der Waals surface area contributed by atoms with Gasteiger partial charge in [-0.3, -0.25) is 9.69 Å². The molecule has 3 fully saturated rings. The predicted octanol–water partition coefficient (Wildman–Crippen LogP) is 3.33. The molecule has 0 aliphatic carbocycles. The molecule has 4 atom stereocenters. The van der Waals surface area contributed by atoms with E-state index in [2.05, 4.69) is 22.1 Å². The minimum absolute atomic E-state index is 0. The summed E-state index contributed by atoms with van der Waals surface area (Å²) in [6.07, 6.45) is 3.12. The SMILES string of the molecule is COC(=O)CCN1CCC(c2cc3c(cnn3-c3cc(N4C[C@@H]5C[C@H]4CO5)nc(C)n3)cc2C)C(F)C1.S.S. The number of alkyl halides is 1. The van der Waals surface area contributed by atoms with E-state index in [9.17, 15) is 4.79 Å². The number of morpholine rings is 1. The van der Waals surface area contributed by atoms with Gasteiger partial charge in [0.15, 0.2) is 5.82 Å². The van der Waals surface area contributed by atoms with Crippen molar-refractivity contribution in [1.82, 2.24) is 24.6 Å². The topological polar surface area (TPSA) is 85.6 Å². The molecule has 0 amide bonds. The molecule has 2 bridgehead atoms. The number of benzene rings is 1. The van der Waals surface area contributed by atoms with Gasteiger partial charge in [-0.1, -0.05) is 0 Å².